The Labute approximate surface area is 102 Å². The van der Waals surface area contributed by atoms with Crippen LogP contribution in [0.1, 0.15) is 25.7 Å². The highest BCUT2D eigenvalue weighted by molar-refractivity contribution is 7.90. The molecular weight excluding hydrogens is 244 g/mol. The Hall–Kier alpha value is -0.620. The number of hydrogen-bond acceptors (Lipinski definition) is 5. The predicted molar refractivity (Wildman–Crippen MR) is 63.4 cm³/mol. The van der Waals surface area contributed by atoms with Crippen LogP contribution in [-0.4, -0.2) is 46.2 Å². The fourth-order valence-electron chi connectivity index (χ4n) is 2.00. The van der Waals surface area contributed by atoms with Gasteiger partial charge in [-0.25, -0.2) is 8.42 Å². The molecular formula is C11H20O5S. The highest BCUT2D eigenvalue weighted by Crippen LogP contribution is 2.26. The molecule has 0 amide bonds. The summed E-state index contributed by atoms with van der Waals surface area (Å²) in [4.78, 5) is 11.3. The van der Waals surface area contributed by atoms with Crippen molar-refractivity contribution >= 4 is 15.8 Å². The van der Waals surface area contributed by atoms with Gasteiger partial charge in [-0.2, -0.15) is 0 Å². The van der Waals surface area contributed by atoms with Gasteiger partial charge in [0.05, 0.1) is 31.5 Å². The number of hydrogen-bond donors (Lipinski definition) is 0. The maximum atomic E-state index is 11.3. The Kier molecular flexibility index (Phi) is 5.39. The molecule has 1 fully saturated rings. The smallest absolute Gasteiger partial charge is 0.308 e. The van der Waals surface area contributed by atoms with Crippen molar-refractivity contribution in [2.75, 3.05) is 25.7 Å². The molecule has 1 rings (SSSR count). The van der Waals surface area contributed by atoms with E-state index in [0.717, 1.165) is 25.7 Å². The van der Waals surface area contributed by atoms with Gasteiger partial charge in [0.15, 0.2) is 0 Å². The standard InChI is InChI=1S/C11H20O5S/c1-15-11(12)9-3-5-10(6-4-9)16-7-8-17(2,13)14/h9-10H,3-8H2,1-2H3. The summed E-state index contributed by atoms with van der Waals surface area (Å²) in [5.41, 5.74) is 0. The van der Waals surface area contributed by atoms with Gasteiger partial charge in [-0.05, 0) is 25.7 Å². The lowest BCUT2D eigenvalue weighted by Crippen LogP contribution is -2.28. The number of rotatable bonds is 5. The molecule has 0 atom stereocenters. The quantitative estimate of drug-likeness (QED) is 0.686. The third kappa shape index (κ3) is 5.50. The van der Waals surface area contributed by atoms with Crippen molar-refractivity contribution in [2.45, 2.75) is 31.8 Å². The van der Waals surface area contributed by atoms with Crippen molar-refractivity contribution in [1.29, 1.82) is 0 Å². The average Bonchev–Trinajstić information content (AvgIpc) is 2.27. The molecule has 5 nitrogen and oxygen atoms in total. The SMILES string of the molecule is COC(=O)C1CCC(OCCS(C)(=O)=O)CC1. The van der Waals surface area contributed by atoms with Crippen molar-refractivity contribution in [2.24, 2.45) is 5.92 Å². The van der Waals surface area contributed by atoms with Crippen LogP contribution in [0, 0.1) is 5.92 Å². The molecule has 0 aromatic rings. The number of methoxy groups -OCH3 is 1. The second-order valence-electron chi connectivity index (χ2n) is 4.50. The maximum absolute atomic E-state index is 11.3. The number of carbonyl (C=O) groups is 1. The summed E-state index contributed by atoms with van der Waals surface area (Å²) >= 11 is 0. The Morgan fingerprint density at radius 1 is 1.24 bits per heavy atom. The molecule has 0 aromatic carbocycles. The fraction of sp³-hybridized carbons (Fsp3) is 0.909. The van der Waals surface area contributed by atoms with E-state index in [4.69, 9.17) is 9.47 Å². The topological polar surface area (TPSA) is 69.7 Å². The molecule has 0 N–H and O–H groups in total. The Morgan fingerprint density at radius 3 is 2.29 bits per heavy atom. The monoisotopic (exact) mass is 264 g/mol. The first kappa shape index (κ1) is 14.4. The molecule has 0 spiro atoms. The van der Waals surface area contributed by atoms with Crippen molar-refractivity contribution in [1.82, 2.24) is 0 Å². The molecule has 0 unspecified atom stereocenters. The van der Waals surface area contributed by atoms with Gasteiger partial charge in [0, 0.05) is 6.26 Å². The molecule has 100 valence electrons. The minimum absolute atomic E-state index is 0.0187. The maximum Gasteiger partial charge on any atom is 0.308 e. The molecule has 0 radical (unpaired) electrons. The van der Waals surface area contributed by atoms with E-state index in [0.29, 0.717) is 0 Å². The van der Waals surface area contributed by atoms with Crippen LogP contribution in [0.3, 0.4) is 0 Å². The van der Waals surface area contributed by atoms with Crippen molar-refractivity contribution in [3.05, 3.63) is 0 Å². The first-order chi connectivity index (χ1) is 7.92. The Morgan fingerprint density at radius 2 is 1.82 bits per heavy atom. The van der Waals surface area contributed by atoms with Gasteiger partial charge in [-0.15, -0.1) is 0 Å². The minimum Gasteiger partial charge on any atom is -0.469 e. The highest BCUT2D eigenvalue weighted by atomic mass is 32.2. The summed E-state index contributed by atoms with van der Waals surface area (Å²) in [6.45, 7) is 0.242. The van der Waals surface area contributed by atoms with Crippen LogP contribution in [-0.2, 0) is 24.1 Å². The van der Waals surface area contributed by atoms with Crippen LogP contribution in [0.2, 0.25) is 0 Å². The van der Waals surface area contributed by atoms with Crippen molar-refractivity contribution < 1.29 is 22.7 Å². The summed E-state index contributed by atoms with van der Waals surface area (Å²) in [6.07, 6.45) is 4.39. The number of carbonyl (C=O) groups excluding carboxylic acids is 1. The van der Waals surface area contributed by atoms with E-state index < -0.39 is 9.84 Å². The van der Waals surface area contributed by atoms with Crippen LogP contribution in [0.25, 0.3) is 0 Å². The minimum atomic E-state index is -2.95. The first-order valence-corrected chi connectivity index (χ1v) is 7.85. The molecule has 0 bridgehead atoms. The lowest BCUT2D eigenvalue weighted by Gasteiger charge is -2.26. The molecule has 6 heteroatoms. The van der Waals surface area contributed by atoms with E-state index in [-0.39, 0.29) is 30.4 Å². The van der Waals surface area contributed by atoms with Crippen LogP contribution < -0.4 is 0 Å². The van der Waals surface area contributed by atoms with Crippen molar-refractivity contribution in [3.8, 4) is 0 Å². The third-order valence-corrected chi connectivity index (χ3v) is 3.92. The van der Waals surface area contributed by atoms with Gasteiger partial charge in [0.2, 0.25) is 0 Å². The first-order valence-electron chi connectivity index (χ1n) is 5.79. The van der Waals surface area contributed by atoms with Crippen LogP contribution in [0.4, 0.5) is 0 Å². The Balaban J connectivity index is 2.21. The molecule has 1 saturated carbocycles. The van der Waals surface area contributed by atoms with Gasteiger partial charge in [0.1, 0.15) is 9.84 Å². The number of ether oxygens (including phenoxy) is 2. The molecule has 0 heterocycles. The van der Waals surface area contributed by atoms with Gasteiger partial charge >= 0.3 is 5.97 Å². The van der Waals surface area contributed by atoms with Crippen molar-refractivity contribution in [3.63, 3.8) is 0 Å². The lowest BCUT2D eigenvalue weighted by molar-refractivity contribution is -0.147. The lowest BCUT2D eigenvalue weighted by atomic mass is 9.87. The second-order valence-corrected chi connectivity index (χ2v) is 6.76. The van der Waals surface area contributed by atoms with Gasteiger partial charge < -0.3 is 9.47 Å². The van der Waals surface area contributed by atoms with Gasteiger partial charge in [0.25, 0.3) is 0 Å². The highest BCUT2D eigenvalue weighted by Gasteiger charge is 2.27. The number of sulfone groups is 1. The zero-order chi connectivity index (χ0) is 12.9. The van der Waals surface area contributed by atoms with Crippen LogP contribution in [0.5, 0.6) is 0 Å². The molecule has 1 aliphatic rings. The Bertz CT molecular complexity index is 341. The van der Waals surface area contributed by atoms with E-state index >= 15 is 0 Å². The van der Waals surface area contributed by atoms with E-state index in [1.807, 2.05) is 0 Å². The normalized spacial score (nSPS) is 25.5. The molecule has 0 aliphatic heterocycles. The second kappa shape index (κ2) is 6.35. The summed E-state index contributed by atoms with van der Waals surface area (Å²) in [5.74, 6) is -0.112. The predicted octanol–water partition coefficient (Wildman–Crippen LogP) is 0.779. The van der Waals surface area contributed by atoms with Gasteiger partial charge in [-0.1, -0.05) is 0 Å². The van der Waals surface area contributed by atoms with Crippen LogP contribution >= 0.6 is 0 Å². The van der Waals surface area contributed by atoms with Gasteiger partial charge in [-0.3, -0.25) is 4.79 Å². The molecule has 0 aromatic heterocycles. The largest absolute Gasteiger partial charge is 0.469 e. The van der Waals surface area contributed by atoms with Crippen LogP contribution in [0.15, 0.2) is 0 Å². The zero-order valence-electron chi connectivity index (χ0n) is 10.3. The summed E-state index contributed by atoms with van der Waals surface area (Å²) < 4.78 is 32.0. The third-order valence-electron chi connectivity index (χ3n) is 3.02. The van der Waals surface area contributed by atoms with E-state index in [1.54, 1.807) is 0 Å². The number of esters is 1. The molecule has 17 heavy (non-hydrogen) atoms. The zero-order valence-corrected chi connectivity index (χ0v) is 11.2. The summed E-state index contributed by atoms with van der Waals surface area (Å²) in [5, 5.41) is 0. The van der Waals surface area contributed by atoms with E-state index in [2.05, 4.69) is 0 Å². The van der Waals surface area contributed by atoms with E-state index in [1.165, 1.54) is 13.4 Å². The van der Waals surface area contributed by atoms with E-state index in [9.17, 15) is 13.2 Å². The summed E-state index contributed by atoms with van der Waals surface area (Å²) in [7, 11) is -1.55. The fourth-order valence-corrected chi connectivity index (χ4v) is 2.40. The molecule has 1 aliphatic carbocycles. The summed E-state index contributed by atoms with van der Waals surface area (Å²) in [6, 6.07) is 0. The molecule has 0 saturated heterocycles. The average molecular weight is 264 g/mol.